The van der Waals surface area contributed by atoms with Crippen LogP contribution in [0, 0.1) is 10.1 Å². The van der Waals surface area contributed by atoms with Gasteiger partial charge in [-0.25, -0.2) is 0 Å². The van der Waals surface area contributed by atoms with E-state index in [9.17, 15) is 24.8 Å². The van der Waals surface area contributed by atoms with Gasteiger partial charge < -0.3 is 9.84 Å². The predicted octanol–water partition coefficient (Wildman–Crippen LogP) is 2.08. The summed E-state index contributed by atoms with van der Waals surface area (Å²) in [5, 5.41) is 21.3. The van der Waals surface area contributed by atoms with Gasteiger partial charge in [-0.1, -0.05) is 0 Å². The maximum Gasteiger partial charge on any atom is 0.315 e. The molecule has 1 aliphatic rings. The smallest absolute Gasteiger partial charge is 0.315 e. The summed E-state index contributed by atoms with van der Waals surface area (Å²) in [6.45, 7) is 5.83. The van der Waals surface area contributed by atoms with Crippen LogP contribution in [-0.2, 0) is 9.59 Å². The Labute approximate surface area is 161 Å². The average molecular weight is 393 g/mol. The molecule has 0 aliphatic carbocycles. The molecule has 10 heteroatoms. The van der Waals surface area contributed by atoms with Gasteiger partial charge >= 0.3 is 5.69 Å². The van der Waals surface area contributed by atoms with E-state index < -0.39 is 28.2 Å². The fraction of sp³-hybridized carbons (Fsp3) is 0.353. The molecule has 1 heterocycles. The fourth-order valence-electron chi connectivity index (χ4n) is 2.65. The van der Waals surface area contributed by atoms with Crippen molar-refractivity contribution in [2.75, 3.05) is 19.7 Å². The van der Waals surface area contributed by atoms with Crippen LogP contribution < -0.4 is 4.74 Å². The highest BCUT2D eigenvalue weighted by Crippen LogP contribution is 2.38. The van der Waals surface area contributed by atoms with Crippen LogP contribution in [0.15, 0.2) is 17.7 Å². The molecule has 1 saturated heterocycles. The molecule has 9 nitrogen and oxygen atoms in total. The number of phenolic OH excluding ortho intramolecular Hbond substituents is 1. The summed E-state index contributed by atoms with van der Waals surface area (Å²) >= 11 is 5.19. The number of nitrogens with zero attached hydrogens (tertiary/aromatic N) is 3. The van der Waals surface area contributed by atoms with E-state index >= 15 is 0 Å². The summed E-state index contributed by atoms with van der Waals surface area (Å²) in [5.74, 6) is -1.88. The van der Waals surface area contributed by atoms with Crippen LogP contribution in [0.5, 0.6) is 11.5 Å². The van der Waals surface area contributed by atoms with Gasteiger partial charge in [-0.05, 0) is 50.7 Å². The molecule has 1 fully saturated rings. The van der Waals surface area contributed by atoms with Gasteiger partial charge in [0.05, 0.1) is 11.5 Å². The molecule has 0 radical (unpaired) electrons. The predicted molar refractivity (Wildman–Crippen MR) is 101 cm³/mol. The Morgan fingerprint density at radius 2 is 1.74 bits per heavy atom. The number of carbonyl (C=O) groups excluding carboxylic acids is 2. The molecular weight excluding hydrogens is 374 g/mol. The number of thiocarbonyl (C=S) groups is 1. The number of hydrogen-bond donors (Lipinski definition) is 1. The van der Waals surface area contributed by atoms with E-state index in [1.807, 2.05) is 0 Å². The second kappa shape index (κ2) is 8.12. The molecule has 0 bridgehead atoms. The van der Waals surface area contributed by atoms with Crippen LogP contribution in [0.1, 0.15) is 26.3 Å². The highest BCUT2D eigenvalue weighted by Gasteiger charge is 2.38. The van der Waals surface area contributed by atoms with E-state index in [1.165, 1.54) is 21.9 Å². The third kappa shape index (κ3) is 3.75. The second-order valence-electron chi connectivity index (χ2n) is 5.52. The number of hydrogen-bond acceptors (Lipinski definition) is 7. The van der Waals surface area contributed by atoms with Crippen LogP contribution in [-0.4, -0.2) is 56.5 Å². The first-order valence-electron chi connectivity index (χ1n) is 8.30. The average Bonchev–Trinajstić information content (AvgIpc) is 2.62. The normalized spacial score (nSPS) is 14.6. The van der Waals surface area contributed by atoms with Crippen LogP contribution in [0.2, 0.25) is 0 Å². The van der Waals surface area contributed by atoms with Crippen molar-refractivity contribution in [2.45, 2.75) is 20.8 Å². The van der Waals surface area contributed by atoms with Crippen molar-refractivity contribution in [1.82, 2.24) is 9.80 Å². The van der Waals surface area contributed by atoms with Gasteiger partial charge in [0.25, 0.3) is 11.8 Å². The highest BCUT2D eigenvalue weighted by molar-refractivity contribution is 7.80. The first-order valence-corrected chi connectivity index (χ1v) is 8.71. The van der Waals surface area contributed by atoms with Crippen LogP contribution in [0.4, 0.5) is 5.69 Å². The van der Waals surface area contributed by atoms with Crippen LogP contribution in [0.3, 0.4) is 0 Å². The Bertz CT molecular complexity index is 823. The molecule has 1 aromatic carbocycles. The standard InChI is InChI=1S/C17H19N3O6S/c1-4-18-15(22)11(16(23)19(5-2)17(18)27)7-10-8-12(20(24)25)14(21)13(9-10)26-6-3/h7-9,21H,4-6H2,1-3H3. The van der Waals surface area contributed by atoms with Crippen molar-refractivity contribution in [1.29, 1.82) is 0 Å². The Balaban J connectivity index is 2.61. The molecule has 1 aliphatic heterocycles. The topological polar surface area (TPSA) is 113 Å². The minimum Gasteiger partial charge on any atom is -0.500 e. The molecule has 0 saturated carbocycles. The largest absolute Gasteiger partial charge is 0.500 e. The summed E-state index contributed by atoms with van der Waals surface area (Å²) in [5.41, 5.74) is -0.576. The van der Waals surface area contributed by atoms with Gasteiger partial charge in [0.15, 0.2) is 10.9 Å². The first kappa shape index (κ1) is 20.3. The van der Waals surface area contributed by atoms with E-state index in [0.29, 0.717) is 0 Å². The number of carbonyl (C=O) groups is 2. The van der Waals surface area contributed by atoms with Crippen molar-refractivity contribution >= 4 is 40.9 Å². The van der Waals surface area contributed by atoms with Crippen LogP contribution in [0.25, 0.3) is 6.08 Å². The summed E-state index contributed by atoms with van der Waals surface area (Å²) in [7, 11) is 0. The molecule has 2 amide bonds. The van der Waals surface area contributed by atoms with Crippen molar-refractivity contribution < 1.29 is 24.4 Å². The number of nitro groups is 1. The van der Waals surface area contributed by atoms with Crippen LogP contribution >= 0.6 is 12.2 Å². The lowest BCUT2D eigenvalue weighted by Crippen LogP contribution is -2.55. The van der Waals surface area contributed by atoms with Gasteiger partial charge in [-0.3, -0.25) is 29.5 Å². The number of amides is 2. The third-order valence-corrected chi connectivity index (χ3v) is 4.37. The highest BCUT2D eigenvalue weighted by atomic mass is 32.1. The molecule has 0 aromatic heterocycles. The van der Waals surface area contributed by atoms with Gasteiger partial charge in [-0.15, -0.1) is 0 Å². The van der Waals surface area contributed by atoms with Gasteiger partial charge in [-0.2, -0.15) is 0 Å². The lowest BCUT2D eigenvalue weighted by atomic mass is 10.0. The van der Waals surface area contributed by atoms with E-state index in [-0.39, 0.29) is 41.7 Å². The minimum atomic E-state index is -0.768. The summed E-state index contributed by atoms with van der Waals surface area (Å²) < 4.78 is 5.22. The molecule has 0 atom stereocenters. The molecule has 27 heavy (non-hydrogen) atoms. The molecule has 0 unspecified atom stereocenters. The van der Waals surface area contributed by atoms with E-state index in [0.717, 1.165) is 6.07 Å². The molecule has 0 spiro atoms. The number of phenols is 1. The zero-order chi connectivity index (χ0) is 20.3. The Morgan fingerprint density at radius 3 is 2.19 bits per heavy atom. The number of rotatable bonds is 6. The fourth-order valence-corrected chi connectivity index (χ4v) is 3.08. The Kier molecular flexibility index (Phi) is 6.11. The number of benzene rings is 1. The number of likely N-dealkylation sites (N-methyl/N-ethyl adjacent to an activating group) is 2. The Morgan fingerprint density at radius 1 is 1.19 bits per heavy atom. The van der Waals surface area contributed by atoms with Crippen molar-refractivity contribution in [3.05, 3.63) is 33.4 Å². The van der Waals surface area contributed by atoms with Gasteiger partial charge in [0.2, 0.25) is 5.75 Å². The molecule has 1 N–H and O–H groups in total. The lowest BCUT2D eigenvalue weighted by molar-refractivity contribution is -0.386. The first-order chi connectivity index (χ1) is 12.8. The van der Waals surface area contributed by atoms with Crippen molar-refractivity contribution in [3.63, 3.8) is 0 Å². The summed E-state index contributed by atoms with van der Waals surface area (Å²) in [4.78, 5) is 38.3. The molecular formula is C17H19N3O6S. The quantitative estimate of drug-likeness (QED) is 0.259. The minimum absolute atomic E-state index is 0.107. The Hall–Kier alpha value is -3.01. The number of aromatic hydroxyl groups is 1. The maximum absolute atomic E-state index is 12.6. The van der Waals surface area contributed by atoms with Gasteiger partial charge in [0, 0.05) is 19.2 Å². The SMILES string of the molecule is CCOc1cc(C=C2C(=O)N(CC)C(=S)N(CC)C2=O)cc([N+](=O)[O-])c1O. The summed E-state index contributed by atoms with van der Waals surface area (Å²) in [6.07, 6.45) is 1.24. The molecule has 1 aromatic rings. The number of ether oxygens (including phenoxy) is 1. The zero-order valence-electron chi connectivity index (χ0n) is 15.1. The lowest BCUT2D eigenvalue weighted by Gasteiger charge is -2.35. The van der Waals surface area contributed by atoms with E-state index in [4.69, 9.17) is 17.0 Å². The van der Waals surface area contributed by atoms with Gasteiger partial charge in [0.1, 0.15) is 5.57 Å². The summed E-state index contributed by atoms with van der Waals surface area (Å²) in [6, 6.07) is 2.41. The van der Waals surface area contributed by atoms with E-state index in [1.54, 1.807) is 20.8 Å². The maximum atomic E-state index is 12.6. The number of nitro benzene ring substituents is 1. The third-order valence-electron chi connectivity index (χ3n) is 3.93. The monoisotopic (exact) mass is 393 g/mol. The molecule has 144 valence electrons. The zero-order valence-corrected chi connectivity index (χ0v) is 15.9. The van der Waals surface area contributed by atoms with Crippen molar-refractivity contribution in [2.24, 2.45) is 0 Å². The molecule has 2 rings (SSSR count). The van der Waals surface area contributed by atoms with Crippen molar-refractivity contribution in [3.8, 4) is 11.5 Å². The van der Waals surface area contributed by atoms with E-state index in [2.05, 4.69) is 0 Å². The second-order valence-corrected chi connectivity index (χ2v) is 5.88.